The van der Waals surface area contributed by atoms with Gasteiger partial charge >= 0.3 is 0 Å². The number of nitrogens with zero attached hydrogens (tertiary/aromatic N) is 3. The first-order valence-electron chi connectivity index (χ1n) is 7.22. The lowest BCUT2D eigenvalue weighted by Gasteiger charge is -2.35. The predicted molar refractivity (Wildman–Crippen MR) is 81.2 cm³/mol. The van der Waals surface area contributed by atoms with Crippen molar-refractivity contribution < 1.29 is 4.74 Å². The maximum atomic E-state index is 5.31. The molecule has 2 unspecified atom stereocenters. The molecule has 4 rings (SSSR count). The summed E-state index contributed by atoms with van der Waals surface area (Å²) in [6.07, 6.45) is 0. The molecule has 1 aromatic heterocycles. The SMILES string of the molecule is CC(C)n1nc(I)cc1C1C2CN(C3COC3)CC21. The maximum absolute atomic E-state index is 5.31. The van der Waals surface area contributed by atoms with Crippen LogP contribution in [0.2, 0.25) is 0 Å². The number of aromatic nitrogens is 2. The Morgan fingerprint density at radius 2 is 2.00 bits per heavy atom. The molecular formula is C14H20IN3O. The van der Waals surface area contributed by atoms with E-state index in [-0.39, 0.29) is 0 Å². The van der Waals surface area contributed by atoms with Crippen LogP contribution in [-0.4, -0.2) is 47.0 Å². The molecule has 19 heavy (non-hydrogen) atoms. The molecule has 0 aromatic carbocycles. The average Bonchev–Trinajstić information content (AvgIpc) is 2.68. The van der Waals surface area contributed by atoms with Gasteiger partial charge < -0.3 is 4.74 Å². The molecular weight excluding hydrogens is 353 g/mol. The highest BCUT2D eigenvalue weighted by molar-refractivity contribution is 14.1. The topological polar surface area (TPSA) is 30.3 Å². The summed E-state index contributed by atoms with van der Waals surface area (Å²) in [5.74, 6) is 2.49. The molecule has 3 fully saturated rings. The molecule has 1 aromatic rings. The zero-order valence-electron chi connectivity index (χ0n) is 11.4. The number of piperidine rings is 1. The normalized spacial score (nSPS) is 34.6. The van der Waals surface area contributed by atoms with Gasteiger partial charge in [0.15, 0.2) is 0 Å². The molecule has 4 nitrogen and oxygen atoms in total. The summed E-state index contributed by atoms with van der Waals surface area (Å²) in [4.78, 5) is 2.64. The van der Waals surface area contributed by atoms with E-state index in [1.807, 2.05) is 0 Å². The average molecular weight is 373 g/mol. The number of likely N-dealkylation sites (tertiary alicyclic amines) is 1. The van der Waals surface area contributed by atoms with Gasteiger partial charge in [0.25, 0.3) is 0 Å². The summed E-state index contributed by atoms with van der Waals surface area (Å²) in [5.41, 5.74) is 1.47. The first-order valence-corrected chi connectivity index (χ1v) is 8.29. The highest BCUT2D eigenvalue weighted by Crippen LogP contribution is 2.59. The molecule has 3 aliphatic rings. The summed E-state index contributed by atoms with van der Waals surface area (Å²) in [7, 11) is 0. The molecule has 0 amide bonds. The Kier molecular flexibility index (Phi) is 2.93. The second-order valence-corrected chi connectivity index (χ2v) is 7.53. The Morgan fingerprint density at radius 3 is 2.53 bits per heavy atom. The van der Waals surface area contributed by atoms with E-state index in [4.69, 9.17) is 4.74 Å². The van der Waals surface area contributed by atoms with Crippen LogP contribution in [-0.2, 0) is 4.74 Å². The Labute approximate surface area is 127 Å². The van der Waals surface area contributed by atoms with Crippen LogP contribution in [0.3, 0.4) is 0 Å². The predicted octanol–water partition coefficient (Wildman–Crippen LogP) is 2.11. The van der Waals surface area contributed by atoms with Crippen molar-refractivity contribution >= 4 is 22.6 Å². The van der Waals surface area contributed by atoms with Crippen LogP contribution in [0, 0.1) is 15.5 Å². The van der Waals surface area contributed by atoms with Crippen LogP contribution in [0.25, 0.3) is 0 Å². The fraction of sp³-hybridized carbons (Fsp3) is 0.786. The zero-order chi connectivity index (χ0) is 13.1. The summed E-state index contributed by atoms with van der Waals surface area (Å²) >= 11 is 2.34. The van der Waals surface area contributed by atoms with Gasteiger partial charge in [0, 0.05) is 30.7 Å². The third-order valence-corrected chi connectivity index (χ3v) is 5.45. The summed E-state index contributed by atoms with van der Waals surface area (Å²) in [6.45, 7) is 8.88. The molecule has 3 heterocycles. The first kappa shape index (κ1) is 12.6. The van der Waals surface area contributed by atoms with Gasteiger partial charge in [-0.15, -0.1) is 0 Å². The van der Waals surface area contributed by atoms with Crippen molar-refractivity contribution in [1.82, 2.24) is 14.7 Å². The molecule has 5 heteroatoms. The minimum absolute atomic E-state index is 0.468. The Hall–Kier alpha value is -0.140. The quantitative estimate of drug-likeness (QED) is 0.761. The van der Waals surface area contributed by atoms with Crippen LogP contribution in [0.4, 0.5) is 0 Å². The fourth-order valence-electron chi connectivity index (χ4n) is 3.77. The highest BCUT2D eigenvalue weighted by Gasteiger charge is 2.58. The molecule has 0 radical (unpaired) electrons. The summed E-state index contributed by atoms with van der Waals surface area (Å²) in [5, 5.41) is 4.65. The molecule has 0 N–H and O–H groups in total. The van der Waals surface area contributed by atoms with E-state index in [2.05, 4.69) is 57.2 Å². The number of halogens is 1. The number of fused-ring (bicyclic) bond motifs is 1. The third kappa shape index (κ3) is 1.96. The van der Waals surface area contributed by atoms with Crippen molar-refractivity contribution in [3.63, 3.8) is 0 Å². The molecule has 104 valence electrons. The van der Waals surface area contributed by atoms with E-state index in [9.17, 15) is 0 Å². The minimum atomic E-state index is 0.468. The number of rotatable bonds is 3. The third-order valence-electron chi connectivity index (χ3n) is 4.92. The first-order chi connectivity index (χ1) is 9.15. The second-order valence-electron chi connectivity index (χ2n) is 6.43. The van der Waals surface area contributed by atoms with E-state index in [1.54, 1.807) is 0 Å². The van der Waals surface area contributed by atoms with Gasteiger partial charge in [-0.1, -0.05) is 0 Å². The van der Waals surface area contributed by atoms with Crippen molar-refractivity contribution in [2.45, 2.75) is 31.8 Å². The molecule has 1 saturated carbocycles. The number of hydrogen-bond acceptors (Lipinski definition) is 3. The van der Waals surface area contributed by atoms with Gasteiger partial charge in [0.2, 0.25) is 0 Å². The number of ether oxygens (including phenoxy) is 1. The van der Waals surface area contributed by atoms with Crippen LogP contribution < -0.4 is 0 Å². The van der Waals surface area contributed by atoms with Crippen molar-refractivity contribution in [1.29, 1.82) is 0 Å². The molecule has 0 bridgehead atoms. The summed E-state index contributed by atoms with van der Waals surface area (Å²) in [6, 6.07) is 3.47. The zero-order valence-corrected chi connectivity index (χ0v) is 13.6. The fourth-order valence-corrected chi connectivity index (χ4v) is 4.32. The molecule has 2 aliphatic heterocycles. The van der Waals surface area contributed by atoms with E-state index in [1.165, 1.54) is 18.8 Å². The van der Waals surface area contributed by atoms with Crippen LogP contribution in [0.1, 0.15) is 31.5 Å². The van der Waals surface area contributed by atoms with Gasteiger partial charge in [-0.25, -0.2) is 0 Å². The van der Waals surface area contributed by atoms with E-state index in [0.29, 0.717) is 12.1 Å². The lowest BCUT2D eigenvalue weighted by Crippen LogP contribution is -2.48. The Balaban J connectivity index is 1.49. The van der Waals surface area contributed by atoms with Gasteiger partial charge in [-0.2, -0.15) is 5.10 Å². The van der Waals surface area contributed by atoms with Gasteiger partial charge in [0.1, 0.15) is 3.70 Å². The molecule has 1 aliphatic carbocycles. The van der Waals surface area contributed by atoms with Crippen molar-refractivity contribution in [3.8, 4) is 0 Å². The van der Waals surface area contributed by atoms with Gasteiger partial charge in [-0.3, -0.25) is 9.58 Å². The monoisotopic (exact) mass is 373 g/mol. The molecule has 2 atom stereocenters. The van der Waals surface area contributed by atoms with Crippen LogP contribution in [0.5, 0.6) is 0 Å². The van der Waals surface area contributed by atoms with Crippen LogP contribution >= 0.6 is 22.6 Å². The van der Waals surface area contributed by atoms with E-state index in [0.717, 1.165) is 34.7 Å². The smallest absolute Gasteiger partial charge is 0.123 e. The molecule has 0 spiro atoms. The Morgan fingerprint density at radius 1 is 1.32 bits per heavy atom. The highest BCUT2D eigenvalue weighted by atomic mass is 127. The maximum Gasteiger partial charge on any atom is 0.123 e. The van der Waals surface area contributed by atoms with E-state index < -0.39 is 0 Å². The second kappa shape index (κ2) is 4.43. The molecule has 2 saturated heterocycles. The van der Waals surface area contributed by atoms with Crippen molar-refractivity contribution in [2.75, 3.05) is 26.3 Å². The summed E-state index contributed by atoms with van der Waals surface area (Å²) < 4.78 is 8.68. The van der Waals surface area contributed by atoms with Gasteiger partial charge in [0.05, 0.1) is 19.3 Å². The van der Waals surface area contributed by atoms with Gasteiger partial charge in [-0.05, 0) is 54.3 Å². The van der Waals surface area contributed by atoms with Crippen molar-refractivity contribution in [3.05, 3.63) is 15.5 Å². The largest absolute Gasteiger partial charge is 0.378 e. The van der Waals surface area contributed by atoms with E-state index >= 15 is 0 Å². The Bertz CT molecular complexity index is 485. The lowest BCUT2D eigenvalue weighted by atomic mass is 10.1. The van der Waals surface area contributed by atoms with Crippen LogP contribution in [0.15, 0.2) is 6.07 Å². The number of hydrogen-bond donors (Lipinski definition) is 0. The lowest BCUT2D eigenvalue weighted by molar-refractivity contribution is -0.0610. The standard InChI is InChI=1S/C14H20IN3O/c1-8(2)18-12(3-13(15)16-18)14-10-4-17(5-11(10)14)9-6-19-7-9/h3,8-11,14H,4-7H2,1-2H3. The van der Waals surface area contributed by atoms with Crippen molar-refractivity contribution in [2.24, 2.45) is 11.8 Å². The minimum Gasteiger partial charge on any atom is -0.378 e.